The number of anilines is 1. The van der Waals surface area contributed by atoms with Crippen molar-refractivity contribution in [1.29, 1.82) is 0 Å². The topological polar surface area (TPSA) is 96.5 Å². The predicted molar refractivity (Wildman–Crippen MR) is 100 cm³/mol. The maximum absolute atomic E-state index is 12.6. The van der Waals surface area contributed by atoms with Gasteiger partial charge in [0, 0.05) is 17.1 Å². The van der Waals surface area contributed by atoms with Gasteiger partial charge in [-0.2, -0.15) is 0 Å². The average Bonchev–Trinajstić information content (AvgIpc) is 3.21. The number of rotatable bonds is 4. The zero-order valence-electron chi connectivity index (χ0n) is 14.2. The molecule has 2 aliphatic heterocycles. The van der Waals surface area contributed by atoms with Crippen LogP contribution in [0.4, 0.5) is 10.5 Å². The molecule has 1 fully saturated rings. The van der Waals surface area contributed by atoms with E-state index in [4.69, 9.17) is 16.3 Å². The summed E-state index contributed by atoms with van der Waals surface area (Å²) in [5, 5.41) is 8.58. The molecule has 3 rings (SSSR count). The highest BCUT2D eigenvalue weighted by Crippen LogP contribution is 2.32. The Kier molecular flexibility index (Phi) is 5.93. The van der Waals surface area contributed by atoms with Crippen LogP contribution in [-0.4, -0.2) is 41.7 Å². The normalized spacial score (nSPS) is 23.7. The maximum Gasteiger partial charge on any atom is 0.413 e. The molecule has 7 nitrogen and oxygen atoms in total. The molecule has 1 aromatic rings. The van der Waals surface area contributed by atoms with Gasteiger partial charge in [-0.3, -0.25) is 14.9 Å². The first-order valence-electron chi connectivity index (χ1n) is 8.42. The Morgan fingerprint density at radius 1 is 1.35 bits per heavy atom. The van der Waals surface area contributed by atoms with Crippen molar-refractivity contribution < 1.29 is 19.1 Å². The third-order valence-electron chi connectivity index (χ3n) is 4.35. The summed E-state index contributed by atoms with van der Waals surface area (Å²) in [5.74, 6) is -0.329. The molecule has 0 bridgehead atoms. The van der Waals surface area contributed by atoms with Crippen LogP contribution in [0.2, 0.25) is 5.02 Å². The monoisotopic (exact) mass is 397 g/mol. The number of benzene rings is 1. The van der Waals surface area contributed by atoms with Gasteiger partial charge in [-0.15, -0.1) is 11.8 Å². The Labute approximate surface area is 160 Å². The van der Waals surface area contributed by atoms with Crippen molar-refractivity contribution in [3.05, 3.63) is 28.8 Å². The third-order valence-corrected chi connectivity index (χ3v) is 5.86. The first-order valence-corrected chi connectivity index (χ1v) is 9.85. The fourth-order valence-corrected chi connectivity index (χ4v) is 4.62. The molecule has 2 heterocycles. The summed E-state index contributed by atoms with van der Waals surface area (Å²) in [6.45, 7) is 1.86. The zero-order valence-corrected chi connectivity index (χ0v) is 15.8. The summed E-state index contributed by atoms with van der Waals surface area (Å²) in [6.07, 6.45) is 0.373. The van der Waals surface area contributed by atoms with E-state index in [0.29, 0.717) is 17.9 Å². The van der Waals surface area contributed by atoms with Gasteiger partial charge in [-0.05, 0) is 42.9 Å². The number of alkyl carbamates (subject to hydrolysis) is 1. The quantitative estimate of drug-likeness (QED) is 0.720. The second kappa shape index (κ2) is 8.18. The molecule has 0 saturated carbocycles. The van der Waals surface area contributed by atoms with Crippen LogP contribution in [0.15, 0.2) is 18.2 Å². The van der Waals surface area contributed by atoms with Crippen LogP contribution in [0.25, 0.3) is 0 Å². The Morgan fingerprint density at radius 3 is 2.92 bits per heavy atom. The summed E-state index contributed by atoms with van der Waals surface area (Å²) in [4.78, 5) is 36.3. The number of halogens is 1. The van der Waals surface area contributed by atoms with E-state index >= 15 is 0 Å². The number of carbonyl (C=O) groups excluding carboxylic acids is 3. The zero-order chi connectivity index (χ0) is 18.7. The fraction of sp³-hybridized carbons (Fsp3) is 0.471. The number of amides is 3. The number of carbonyl (C=O) groups is 3. The molecule has 3 amide bonds. The van der Waals surface area contributed by atoms with E-state index in [1.165, 1.54) is 11.8 Å². The van der Waals surface area contributed by atoms with Crippen molar-refractivity contribution in [2.75, 3.05) is 17.7 Å². The molecule has 0 spiro atoms. The molecule has 9 heteroatoms. The smallest absolute Gasteiger partial charge is 0.413 e. The largest absolute Gasteiger partial charge is 0.450 e. The van der Waals surface area contributed by atoms with E-state index in [9.17, 15) is 14.4 Å². The highest BCUT2D eigenvalue weighted by atomic mass is 35.5. The molecular weight excluding hydrogens is 378 g/mol. The fourth-order valence-electron chi connectivity index (χ4n) is 3.09. The number of nitrogens with one attached hydrogen (secondary N) is 3. The van der Waals surface area contributed by atoms with Crippen LogP contribution in [-0.2, 0) is 20.7 Å². The Morgan fingerprint density at radius 2 is 2.15 bits per heavy atom. The van der Waals surface area contributed by atoms with Crippen molar-refractivity contribution in [3.63, 3.8) is 0 Å². The first-order chi connectivity index (χ1) is 12.5. The molecule has 140 valence electrons. The maximum atomic E-state index is 12.6. The molecule has 1 aromatic carbocycles. The van der Waals surface area contributed by atoms with Crippen LogP contribution in [0, 0.1) is 5.92 Å². The number of hydrogen-bond acceptors (Lipinski definition) is 6. The van der Waals surface area contributed by atoms with Gasteiger partial charge in [0.1, 0.15) is 6.04 Å². The summed E-state index contributed by atoms with van der Waals surface area (Å²) < 4.78 is 4.73. The SMILES string of the molecule is CCOC(=O)NC(=O)C1CCSC1NC(=O)C1Cc2cc(Cl)ccc2N1. The van der Waals surface area contributed by atoms with Crippen molar-refractivity contribution >= 4 is 47.0 Å². The minimum Gasteiger partial charge on any atom is -0.450 e. The minimum atomic E-state index is -0.760. The highest BCUT2D eigenvalue weighted by Gasteiger charge is 2.37. The Bertz CT molecular complexity index is 730. The standard InChI is InChI=1S/C17H20ClN3O4S/c1-2-25-17(24)21-14(22)11-5-6-26-16(11)20-15(23)13-8-9-7-10(18)3-4-12(9)19-13/h3-4,7,11,13,16,19H,2,5-6,8H2,1H3,(H,20,23)(H,21,22,24). The average molecular weight is 398 g/mol. The summed E-state index contributed by atoms with van der Waals surface area (Å²) in [5.41, 5.74) is 1.89. The summed E-state index contributed by atoms with van der Waals surface area (Å²) >= 11 is 7.49. The summed E-state index contributed by atoms with van der Waals surface area (Å²) in [6, 6.07) is 5.07. The van der Waals surface area contributed by atoms with Gasteiger partial charge in [0.25, 0.3) is 0 Å². The van der Waals surface area contributed by atoms with E-state index in [1.807, 2.05) is 12.1 Å². The van der Waals surface area contributed by atoms with Crippen molar-refractivity contribution in [3.8, 4) is 0 Å². The van der Waals surface area contributed by atoms with Gasteiger partial charge in [-0.1, -0.05) is 11.6 Å². The third kappa shape index (κ3) is 4.24. The highest BCUT2D eigenvalue weighted by molar-refractivity contribution is 8.00. The number of thioether (sulfide) groups is 1. The lowest BCUT2D eigenvalue weighted by Gasteiger charge is -2.21. The Hall–Kier alpha value is -1.93. The van der Waals surface area contributed by atoms with Gasteiger partial charge in [0.15, 0.2) is 0 Å². The van der Waals surface area contributed by atoms with Crippen molar-refractivity contribution in [2.24, 2.45) is 5.92 Å². The van der Waals surface area contributed by atoms with Crippen LogP contribution >= 0.6 is 23.4 Å². The predicted octanol–water partition coefficient (Wildman–Crippen LogP) is 2.14. The lowest BCUT2D eigenvalue weighted by Crippen LogP contribution is -2.48. The summed E-state index contributed by atoms with van der Waals surface area (Å²) in [7, 11) is 0. The van der Waals surface area contributed by atoms with Gasteiger partial charge < -0.3 is 15.4 Å². The van der Waals surface area contributed by atoms with Gasteiger partial charge >= 0.3 is 6.09 Å². The van der Waals surface area contributed by atoms with E-state index < -0.39 is 24.0 Å². The van der Waals surface area contributed by atoms with E-state index in [1.54, 1.807) is 13.0 Å². The molecular formula is C17H20ClN3O4S. The molecule has 26 heavy (non-hydrogen) atoms. The lowest BCUT2D eigenvalue weighted by atomic mass is 10.1. The number of imide groups is 1. The second-order valence-corrected chi connectivity index (χ2v) is 7.79. The molecule has 2 aliphatic rings. The van der Waals surface area contributed by atoms with E-state index in [0.717, 1.165) is 17.0 Å². The molecule has 0 radical (unpaired) electrons. The number of hydrogen-bond donors (Lipinski definition) is 3. The molecule has 0 aromatic heterocycles. The van der Waals surface area contributed by atoms with E-state index in [-0.39, 0.29) is 17.9 Å². The minimum absolute atomic E-state index is 0.175. The van der Waals surface area contributed by atoms with Crippen LogP contribution in [0.3, 0.4) is 0 Å². The van der Waals surface area contributed by atoms with Gasteiger partial charge in [0.2, 0.25) is 11.8 Å². The van der Waals surface area contributed by atoms with Crippen LogP contribution < -0.4 is 16.0 Å². The Balaban J connectivity index is 1.57. The molecule has 3 atom stereocenters. The second-order valence-electron chi connectivity index (χ2n) is 6.11. The van der Waals surface area contributed by atoms with Crippen molar-refractivity contribution in [1.82, 2.24) is 10.6 Å². The first kappa shape index (κ1) is 18.8. The van der Waals surface area contributed by atoms with Gasteiger partial charge in [-0.25, -0.2) is 4.79 Å². The number of fused-ring (bicyclic) bond motifs is 1. The van der Waals surface area contributed by atoms with Crippen molar-refractivity contribution in [2.45, 2.75) is 31.2 Å². The molecule has 0 aliphatic carbocycles. The molecule has 1 saturated heterocycles. The van der Waals surface area contributed by atoms with Gasteiger partial charge in [0.05, 0.1) is 17.9 Å². The van der Waals surface area contributed by atoms with Crippen LogP contribution in [0.1, 0.15) is 18.9 Å². The molecule has 3 unspecified atom stereocenters. The molecule has 3 N–H and O–H groups in total. The number of ether oxygens (including phenoxy) is 1. The van der Waals surface area contributed by atoms with Crippen LogP contribution in [0.5, 0.6) is 0 Å². The lowest BCUT2D eigenvalue weighted by molar-refractivity contribution is -0.125. The van der Waals surface area contributed by atoms with E-state index in [2.05, 4.69) is 16.0 Å².